The average Bonchev–Trinajstić information content (AvgIpc) is 2.79. The van der Waals surface area contributed by atoms with E-state index in [1.54, 1.807) is 0 Å². The zero-order valence-corrected chi connectivity index (χ0v) is 11.3. The van der Waals surface area contributed by atoms with Crippen LogP contribution in [0.4, 0.5) is 0 Å². The maximum atomic E-state index is 11.6. The monoisotopic (exact) mass is 261 g/mol. The van der Waals surface area contributed by atoms with Crippen molar-refractivity contribution in [3.8, 4) is 0 Å². The minimum atomic E-state index is -2.86. The summed E-state index contributed by atoms with van der Waals surface area (Å²) in [5.74, 6) is 1.56. The Morgan fingerprint density at radius 3 is 2.65 bits per heavy atom. The van der Waals surface area contributed by atoms with Crippen LogP contribution in [0, 0.1) is 11.8 Å². The summed E-state index contributed by atoms with van der Waals surface area (Å²) >= 11 is 0. The fourth-order valence-corrected chi connectivity index (χ4v) is 4.56. The average molecular weight is 261 g/mol. The van der Waals surface area contributed by atoms with Gasteiger partial charge in [-0.05, 0) is 25.2 Å². The molecular formula is C12H23NO3S. The minimum absolute atomic E-state index is 0.155. The van der Waals surface area contributed by atoms with Gasteiger partial charge in [0, 0.05) is 31.3 Å². The number of sulfone groups is 1. The van der Waals surface area contributed by atoms with Crippen LogP contribution in [0.15, 0.2) is 0 Å². The van der Waals surface area contributed by atoms with Crippen molar-refractivity contribution in [3.05, 3.63) is 0 Å². The van der Waals surface area contributed by atoms with Crippen molar-refractivity contribution >= 4 is 9.84 Å². The summed E-state index contributed by atoms with van der Waals surface area (Å²) in [4.78, 5) is 2.21. The molecule has 100 valence electrons. The number of fused-ring (bicyclic) bond motifs is 1. The minimum Gasteiger partial charge on any atom is -0.393 e. The van der Waals surface area contributed by atoms with Gasteiger partial charge in [0.05, 0.1) is 11.9 Å². The highest BCUT2D eigenvalue weighted by Gasteiger charge is 2.41. The van der Waals surface area contributed by atoms with Gasteiger partial charge in [0.15, 0.2) is 9.84 Å². The molecule has 0 spiro atoms. The molecule has 0 aromatic heterocycles. The van der Waals surface area contributed by atoms with Crippen molar-refractivity contribution in [1.29, 1.82) is 0 Å². The van der Waals surface area contributed by atoms with Crippen LogP contribution in [-0.2, 0) is 9.84 Å². The number of aliphatic hydroxyl groups is 1. The molecule has 4 nitrogen and oxygen atoms in total. The second-order valence-electron chi connectivity index (χ2n) is 5.48. The van der Waals surface area contributed by atoms with Gasteiger partial charge >= 0.3 is 0 Å². The lowest BCUT2D eigenvalue weighted by molar-refractivity contribution is 0.125. The molecule has 2 fully saturated rings. The fourth-order valence-electron chi connectivity index (χ4n) is 3.19. The van der Waals surface area contributed by atoms with Crippen LogP contribution in [-0.4, -0.2) is 55.7 Å². The lowest BCUT2D eigenvalue weighted by atomic mass is 10.00. The van der Waals surface area contributed by atoms with Crippen molar-refractivity contribution in [2.24, 2.45) is 11.8 Å². The molecule has 1 saturated heterocycles. The van der Waals surface area contributed by atoms with Gasteiger partial charge in [0.1, 0.15) is 0 Å². The van der Waals surface area contributed by atoms with Crippen LogP contribution in [0.2, 0.25) is 0 Å². The molecule has 1 aliphatic heterocycles. The molecule has 1 N–H and O–H groups in total. The van der Waals surface area contributed by atoms with E-state index in [2.05, 4.69) is 4.90 Å². The van der Waals surface area contributed by atoms with Gasteiger partial charge < -0.3 is 10.0 Å². The highest BCUT2D eigenvalue weighted by Crippen LogP contribution is 2.37. The first-order valence-corrected chi connectivity index (χ1v) is 8.45. The van der Waals surface area contributed by atoms with Crippen molar-refractivity contribution in [2.45, 2.75) is 32.3 Å². The third-order valence-electron chi connectivity index (χ3n) is 4.13. The second kappa shape index (κ2) is 5.24. The topological polar surface area (TPSA) is 57.6 Å². The molecule has 1 aliphatic carbocycles. The second-order valence-corrected chi connectivity index (χ2v) is 7.78. The molecule has 2 aliphatic rings. The predicted molar refractivity (Wildman–Crippen MR) is 67.6 cm³/mol. The van der Waals surface area contributed by atoms with E-state index in [1.165, 1.54) is 0 Å². The Bertz CT molecular complexity index is 355. The first kappa shape index (κ1) is 13.3. The van der Waals surface area contributed by atoms with Crippen molar-refractivity contribution < 1.29 is 13.5 Å². The zero-order chi connectivity index (χ0) is 12.5. The Balaban J connectivity index is 1.79. The molecular weight excluding hydrogens is 238 g/mol. The van der Waals surface area contributed by atoms with Crippen molar-refractivity contribution in [2.75, 3.05) is 31.1 Å². The Kier molecular flexibility index (Phi) is 4.10. The van der Waals surface area contributed by atoms with E-state index < -0.39 is 9.84 Å². The van der Waals surface area contributed by atoms with Crippen LogP contribution in [0.25, 0.3) is 0 Å². The molecule has 0 bridgehead atoms. The first-order valence-electron chi connectivity index (χ1n) is 6.62. The third kappa shape index (κ3) is 3.20. The number of hydrogen-bond acceptors (Lipinski definition) is 4. The fraction of sp³-hybridized carbons (Fsp3) is 1.00. The van der Waals surface area contributed by atoms with Crippen LogP contribution in [0.5, 0.6) is 0 Å². The van der Waals surface area contributed by atoms with E-state index in [4.69, 9.17) is 0 Å². The van der Waals surface area contributed by atoms with E-state index >= 15 is 0 Å². The van der Waals surface area contributed by atoms with Gasteiger partial charge in [-0.1, -0.05) is 6.92 Å². The zero-order valence-electron chi connectivity index (χ0n) is 10.5. The quantitative estimate of drug-likeness (QED) is 0.783. The standard InChI is InChI=1S/C12H23NO3S/c1-2-6-17(15,16)7-5-13-8-10-3-4-12(14)11(10)9-13/h10-12,14H,2-9H2,1H3. The molecule has 5 heteroatoms. The van der Waals surface area contributed by atoms with Gasteiger partial charge in [-0.25, -0.2) is 8.42 Å². The Morgan fingerprint density at radius 1 is 1.24 bits per heavy atom. The van der Waals surface area contributed by atoms with Gasteiger partial charge in [0.2, 0.25) is 0 Å². The maximum absolute atomic E-state index is 11.6. The Morgan fingerprint density at radius 2 is 2.00 bits per heavy atom. The van der Waals surface area contributed by atoms with Gasteiger partial charge in [-0.3, -0.25) is 0 Å². The predicted octanol–water partition coefficient (Wildman–Crippen LogP) is 0.514. The van der Waals surface area contributed by atoms with Crippen molar-refractivity contribution in [1.82, 2.24) is 4.90 Å². The van der Waals surface area contributed by atoms with Crippen LogP contribution in [0.1, 0.15) is 26.2 Å². The van der Waals surface area contributed by atoms with Crippen molar-refractivity contribution in [3.63, 3.8) is 0 Å². The molecule has 0 amide bonds. The summed E-state index contributed by atoms with van der Waals surface area (Å²) in [5.41, 5.74) is 0. The maximum Gasteiger partial charge on any atom is 0.151 e. The molecule has 0 radical (unpaired) electrons. The molecule has 0 aromatic carbocycles. The van der Waals surface area contributed by atoms with E-state index in [1.807, 2.05) is 6.92 Å². The van der Waals surface area contributed by atoms with Gasteiger partial charge in [0.25, 0.3) is 0 Å². The smallest absolute Gasteiger partial charge is 0.151 e. The summed E-state index contributed by atoms with van der Waals surface area (Å²) < 4.78 is 23.2. The summed E-state index contributed by atoms with van der Waals surface area (Å²) in [5, 5.41) is 9.78. The highest BCUT2D eigenvalue weighted by atomic mass is 32.2. The van der Waals surface area contributed by atoms with E-state index in [-0.39, 0.29) is 11.9 Å². The molecule has 1 heterocycles. The number of rotatable bonds is 5. The molecule has 3 atom stereocenters. The lowest BCUT2D eigenvalue weighted by Gasteiger charge is -2.17. The largest absolute Gasteiger partial charge is 0.393 e. The normalized spacial score (nSPS) is 34.1. The van der Waals surface area contributed by atoms with E-state index in [9.17, 15) is 13.5 Å². The summed E-state index contributed by atoms with van der Waals surface area (Å²) in [7, 11) is -2.86. The summed E-state index contributed by atoms with van der Waals surface area (Å²) in [6.07, 6.45) is 2.57. The van der Waals surface area contributed by atoms with E-state index in [0.717, 1.165) is 25.9 Å². The first-order chi connectivity index (χ1) is 8.02. The SMILES string of the molecule is CCCS(=O)(=O)CCN1CC2CCC(O)C2C1. The summed E-state index contributed by atoms with van der Waals surface area (Å²) in [6.45, 7) is 4.40. The Labute approximate surface area is 104 Å². The van der Waals surface area contributed by atoms with Gasteiger partial charge in [-0.2, -0.15) is 0 Å². The third-order valence-corrected chi connectivity index (χ3v) is 5.96. The van der Waals surface area contributed by atoms with Gasteiger partial charge in [-0.15, -0.1) is 0 Å². The van der Waals surface area contributed by atoms with Crippen LogP contribution >= 0.6 is 0 Å². The number of aliphatic hydroxyl groups excluding tert-OH is 1. The number of nitrogens with zero attached hydrogens (tertiary/aromatic N) is 1. The van der Waals surface area contributed by atoms with Crippen LogP contribution < -0.4 is 0 Å². The van der Waals surface area contributed by atoms with E-state index in [0.29, 0.717) is 30.6 Å². The molecule has 17 heavy (non-hydrogen) atoms. The molecule has 3 unspecified atom stereocenters. The molecule has 1 saturated carbocycles. The molecule has 0 aromatic rings. The van der Waals surface area contributed by atoms with Crippen LogP contribution in [0.3, 0.4) is 0 Å². The Hall–Kier alpha value is -0.130. The summed E-state index contributed by atoms with van der Waals surface area (Å²) in [6, 6.07) is 0. The number of likely N-dealkylation sites (tertiary alicyclic amines) is 1. The lowest BCUT2D eigenvalue weighted by Crippen LogP contribution is -2.30. The molecule has 2 rings (SSSR count). The highest BCUT2D eigenvalue weighted by molar-refractivity contribution is 7.91. The number of hydrogen-bond donors (Lipinski definition) is 1.